The normalized spacial score (nSPS) is 10.6. The number of nitrogens with one attached hydrogen (secondary N) is 1. The molecule has 1 aromatic heterocycles. The maximum atomic E-state index is 13.7. The van der Waals surface area contributed by atoms with Gasteiger partial charge in [-0.1, -0.05) is 6.07 Å². The van der Waals surface area contributed by atoms with Crippen LogP contribution in [0.2, 0.25) is 0 Å². The number of amides is 1. The molecule has 2 aromatic carbocycles. The van der Waals surface area contributed by atoms with E-state index in [9.17, 15) is 23.7 Å². The van der Waals surface area contributed by atoms with Crippen LogP contribution in [0.25, 0.3) is 5.69 Å². The molecule has 26 heavy (non-hydrogen) atoms. The monoisotopic (exact) mass is 357 g/mol. The molecule has 0 spiro atoms. The second-order valence-corrected chi connectivity index (χ2v) is 5.59. The first-order valence-electron chi connectivity index (χ1n) is 7.56. The fourth-order valence-corrected chi connectivity index (χ4v) is 2.54. The fourth-order valence-electron chi connectivity index (χ4n) is 2.54. The summed E-state index contributed by atoms with van der Waals surface area (Å²) in [5.41, 5.74) is 0.619. The summed E-state index contributed by atoms with van der Waals surface area (Å²) in [6.07, 6.45) is 1.49. The van der Waals surface area contributed by atoms with E-state index in [0.717, 1.165) is 12.1 Å². The Morgan fingerprint density at radius 3 is 2.62 bits per heavy atom. The van der Waals surface area contributed by atoms with Crippen molar-refractivity contribution in [2.75, 3.05) is 5.32 Å². The Kier molecular flexibility index (Phi) is 4.49. The molecule has 0 unspecified atom stereocenters. The van der Waals surface area contributed by atoms with Gasteiger partial charge in [0, 0.05) is 18.3 Å². The SMILES string of the molecule is Cc1ccc(-n2cccc2C(=O)Nc2ccc(F)cc2F)c([N+](=O)[O-])c1. The maximum Gasteiger partial charge on any atom is 0.293 e. The molecule has 1 heterocycles. The summed E-state index contributed by atoms with van der Waals surface area (Å²) in [5, 5.41) is 13.7. The molecule has 0 bridgehead atoms. The van der Waals surface area contributed by atoms with Crippen LogP contribution in [0.5, 0.6) is 0 Å². The van der Waals surface area contributed by atoms with Gasteiger partial charge < -0.3 is 9.88 Å². The topological polar surface area (TPSA) is 77.2 Å². The van der Waals surface area contributed by atoms with E-state index in [-0.39, 0.29) is 22.8 Å². The van der Waals surface area contributed by atoms with Gasteiger partial charge in [-0.05, 0) is 42.8 Å². The van der Waals surface area contributed by atoms with E-state index in [1.54, 1.807) is 19.1 Å². The van der Waals surface area contributed by atoms with E-state index < -0.39 is 22.5 Å². The van der Waals surface area contributed by atoms with Gasteiger partial charge in [0.1, 0.15) is 23.0 Å². The number of rotatable bonds is 4. The zero-order valence-corrected chi connectivity index (χ0v) is 13.6. The molecule has 1 amide bonds. The van der Waals surface area contributed by atoms with Gasteiger partial charge in [0.05, 0.1) is 10.6 Å². The number of aromatic nitrogens is 1. The Morgan fingerprint density at radius 2 is 1.92 bits per heavy atom. The van der Waals surface area contributed by atoms with Crippen molar-refractivity contribution >= 4 is 17.3 Å². The summed E-state index contributed by atoms with van der Waals surface area (Å²) in [7, 11) is 0. The van der Waals surface area contributed by atoms with Crippen LogP contribution in [0.3, 0.4) is 0 Å². The van der Waals surface area contributed by atoms with Gasteiger partial charge >= 0.3 is 0 Å². The predicted octanol–water partition coefficient (Wildman–Crippen LogP) is 4.22. The fraction of sp³-hybridized carbons (Fsp3) is 0.0556. The van der Waals surface area contributed by atoms with Gasteiger partial charge in [-0.3, -0.25) is 14.9 Å². The number of nitro groups is 1. The first-order valence-corrected chi connectivity index (χ1v) is 7.56. The number of hydrogen-bond donors (Lipinski definition) is 1. The van der Waals surface area contributed by atoms with Crippen LogP contribution < -0.4 is 5.32 Å². The van der Waals surface area contributed by atoms with E-state index in [2.05, 4.69) is 5.32 Å². The van der Waals surface area contributed by atoms with Gasteiger partial charge in [-0.2, -0.15) is 0 Å². The zero-order valence-electron chi connectivity index (χ0n) is 13.6. The molecule has 0 aliphatic heterocycles. The van der Waals surface area contributed by atoms with Gasteiger partial charge in [0.2, 0.25) is 0 Å². The van der Waals surface area contributed by atoms with Gasteiger partial charge in [0.15, 0.2) is 0 Å². The molecule has 132 valence electrons. The molecular formula is C18H13F2N3O3. The van der Waals surface area contributed by atoms with Crippen molar-refractivity contribution in [3.8, 4) is 5.69 Å². The molecule has 6 nitrogen and oxygen atoms in total. The van der Waals surface area contributed by atoms with Crippen LogP contribution in [-0.4, -0.2) is 15.4 Å². The molecule has 8 heteroatoms. The molecule has 0 atom stereocenters. The quantitative estimate of drug-likeness (QED) is 0.561. The second kappa shape index (κ2) is 6.75. The highest BCUT2D eigenvalue weighted by atomic mass is 19.1. The lowest BCUT2D eigenvalue weighted by molar-refractivity contribution is -0.384. The lowest BCUT2D eigenvalue weighted by atomic mass is 10.2. The summed E-state index contributed by atoms with van der Waals surface area (Å²) in [4.78, 5) is 23.3. The van der Waals surface area contributed by atoms with Crippen molar-refractivity contribution in [1.29, 1.82) is 0 Å². The van der Waals surface area contributed by atoms with Gasteiger partial charge in [-0.15, -0.1) is 0 Å². The number of aryl methyl sites for hydroxylation is 1. The smallest absolute Gasteiger partial charge is 0.293 e. The molecule has 0 radical (unpaired) electrons. The minimum Gasteiger partial charge on any atom is -0.318 e. The minimum absolute atomic E-state index is 0.0701. The van der Waals surface area contributed by atoms with Crippen molar-refractivity contribution in [2.45, 2.75) is 6.92 Å². The molecule has 3 rings (SSSR count). The third-order valence-electron chi connectivity index (χ3n) is 3.75. The summed E-state index contributed by atoms with van der Waals surface area (Å²) < 4.78 is 28.1. The maximum absolute atomic E-state index is 13.7. The van der Waals surface area contributed by atoms with E-state index in [0.29, 0.717) is 11.6 Å². The second-order valence-electron chi connectivity index (χ2n) is 5.59. The molecule has 0 fully saturated rings. The number of benzene rings is 2. The van der Waals surface area contributed by atoms with Crippen molar-refractivity contribution in [3.63, 3.8) is 0 Å². The highest BCUT2D eigenvalue weighted by Gasteiger charge is 2.20. The summed E-state index contributed by atoms with van der Waals surface area (Å²) in [6.45, 7) is 1.72. The highest BCUT2D eigenvalue weighted by Crippen LogP contribution is 2.26. The Bertz CT molecular complexity index is 1010. The number of anilines is 1. The zero-order chi connectivity index (χ0) is 18.8. The van der Waals surface area contributed by atoms with Crippen molar-refractivity contribution in [3.05, 3.63) is 87.7 Å². The van der Waals surface area contributed by atoms with Crippen LogP contribution in [0, 0.1) is 28.7 Å². The Labute approximate surface area is 146 Å². The number of nitrogens with zero attached hydrogens (tertiary/aromatic N) is 2. The molecule has 1 N–H and O–H groups in total. The number of halogens is 2. The van der Waals surface area contributed by atoms with Gasteiger partial charge in [-0.25, -0.2) is 8.78 Å². The van der Waals surface area contributed by atoms with Crippen molar-refractivity contribution in [2.24, 2.45) is 0 Å². The molecule has 0 saturated carbocycles. The number of carbonyl (C=O) groups excluding carboxylic acids is 1. The minimum atomic E-state index is -0.919. The van der Waals surface area contributed by atoms with E-state index in [1.807, 2.05) is 0 Å². The standard InChI is InChI=1S/C18H13F2N3O3/c1-11-4-7-15(17(9-11)23(25)26)22-8-2-3-16(22)18(24)21-14-6-5-12(19)10-13(14)20/h2-10H,1H3,(H,21,24). The first kappa shape index (κ1) is 17.3. The average Bonchev–Trinajstić information content (AvgIpc) is 3.06. The number of hydrogen-bond acceptors (Lipinski definition) is 3. The summed E-state index contributed by atoms with van der Waals surface area (Å²) >= 11 is 0. The highest BCUT2D eigenvalue weighted by molar-refractivity contribution is 6.03. The summed E-state index contributed by atoms with van der Waals surface area (Å²) in [5.74, 6) is -2.37. The van der Waals surface area contributed by atoms with Gasteiger partial charge in [0.25, 0.3) is 11.6 Å². The largest absolute Gasteiger partial charge is 0.318 e. The average molecular weight is 357 g/mol. The van der Waals surface area contributed by atoms with Crippen LogP contribution in [0.1, 0.15) is 16.1 Å². The van der Waals surface area contributed by atoms with Crippen LogP contribution >= 0.6 is 0 Å². The Hall–Kier alpha value is -3.55. The molecular weight excluding hydrogens is 344 g/mol. The molecule has 0 aliphatic rings. The van der Waals surface area contributed by atoms with E-state index in [1.165, 1.54) is 29.0 Å². The third-order valence-corrected chi connectivity index (χ3v) is 3.75. The Balaban J connectivity index is 1.99. The van der Waals surface area contributed by atoms with Crippen LogP contribution in [-0.2, 0) is 0 Å². The number of nitro benzene ring substituents is 1. The molecule has 0 aliphatic carbocycles. The van der Waals surface area contributed by atoms with Crippen molar-refractivity contribution < 1.29 is 18.5 Å². The molecule has 3 aromatic rings. The first-order chi connectivity index (χ1) is 12.4. The Morgan fingerprint density at radius 1 is 1.15 bits per heavy atom. The van der Waals surface area contributed by atoms with E-state index in [4.69, 9.17) is 0 Å². The lowest BCUT2D eigenvalue weighted by Crippen LogP contribution is -2.17. The molecule has 0 saturated heterocycles. The number of carbonyl (C=O) groups is 1. The van der Waals surface area contributed by atoms with Crippen molar-refractivity contribution in [1.82, 2.24) is 4.57 Å². The third kappa shape index (κ3) is 3.30. The van der Waals surface area contributed by atoms with Crippen LogP contribution in [0.4, 0.5) is 20.2 Å². The summed E-state index contributed by atoms with van der Waals surface area (Å²) in [6, 6.07) is 10.4. The lowest BCUT2D eigenvalue weighted by Gasteiger charge is -2.11. The van der Waals surface area contributed by atoms with Crippen LogP contribution in [0.15, 0.2) is 54.7 Å². The van der Waals surface area contributed by atoms with E-state index >= 15 is 0 Å². The predicted molar refractivity (Wildman–Crippen MR) is 91.5 cm³/mol.